The van der Waals surface area contributed by atoms with Gasteiger partial charge in [0.15, 0.2) is 0 Å². The lowest BCUT2D eigenvalue weighted by atomic mass is 10.1. The smallest absolute Gasteiger partial charge is 0.330 e. The number of carbonyl (C=O) groups excluding carboxylic acids is 1. The summed E-state index contributed by atoms with van der Waals surface area (Å²) in [5.41, 5.74) is -0.255. The Bertz CT molecular complexity index is 304. The third-order valence-electron chi connectivity index (χ3n) is 2.90. The summed E-state index contributed by atoms with van der Waals surface area (Å²) >= 11 is 0. The number of hydrogen-bond donors (Lipinski definition) is 1. The molecule has 0 amide bonds. The number of esters is 1. The Kier molecular flexibility index (Phi) is 3.17. The highest BCUT2D eigenvalue weighted by atomic mass is 16.5. The van der Waals surface area contributed by atoms with Crippen molar-refractivity contribution in [2.75, 3.05) is 6.61 Å². The van der Waals surface area contributed by atoms with E-state index in [1.807, 2.05) is 13.8 Å². The van der Waals surface area contributed by atoms with Crippen molar-refractivity contribution in [2.24, 2.45) is 17.3 Å². The highest BCUT2D eigenvalue weighted by molar-refractivity contribution is 5.83. The average molecular weight is 212 g/mol. The largest absolute Gasteiger partial charge is 0.481 e. The predicted octanol–water partition coefficient (Wildman–Crippen LogP) is 1.46. The van der Waals surface area contributed by atoms with Crippen molar-refractivity contribution in [3.63, 3.8) is 0 Å². The van der Waals surface area contributed by atoms with Crippen LogP contribution in [0.5, 0.6) is 0 Å². The molecule has 2 atom stereocenters. The zero-order valence-corrected chi connectivity index (χ0v) is 9.19. The van der Waals surface area contributed by atoms with E-state index in [1.54, 1.807) is 13.0 Å². The van der Waals surface area contributed by atoms with Crippen LogP contribution >= 0.6 is 0 Å². The first kappa shape index (κ1) is 11.8. The number of aliphatic carboxylic acids is 1. The van der Waals surface area contributed by atoms with Gasteiger partial charge in [-0.2, -0.15) is 0 Å². The van der Waals surface area contributed by atoms with Crippen LogP contribution in [0.1, 0.15) is 20.8 Å². The maximum absolute atomic E-state index is 11.0. The SMILES string of the molecule is CCOC(=O)C=C[C@H]1[C@@H](C(=O)O)C1(C)C. The van der Waals surface area contributed by atoms with Gasteiger partial charge in [-0.1, -0.05) is 19.9 Å². The molecule has 1 fully saturated rings. The van der Waals surface area contributed by atoms with Gasteiger partial charge in [-0.25, -0.2) is 4.79 Å². The zero-order chi connectivity index (χ0) is 11.6. The summed E-state index contributed by atoms with van der Waals surface area (Å²) in [6.45, 7) is 5.82. The Labute approximate surface area is 88.9 Å². The Morgan fingerprint density at radius 1 is 1.47 bits per heavy atom. The van der Waals surface area contributed by atoms with Gasteiger partial charge in [0.05, 0.1) is 12.5 Å². The second kappa shape index (κ2) is 4.04. The summed E-state index contributed by atoms with van der Waals surface area (Å²) in [5, 5.41) is 8.88. The summed E-state index contributed by atoms with van der Waals surface area (Å²) < 4.78 is 4.71. The third kappa shape index (κ3) is 2.37. The van der Waals surface area contributed by atoms with E-state index in [0.717, 1.165) is 0 Å². The van der Waals surface area contributed by atoms with Gasteiger partial charge in [-0.15, -0.1) is 0 Å². The van der Waals surface area contributed by atoms with Crippen molar-refractivity contribution in [1.82, 2.24) is 0 Å². The topological polar surface area (TPSA) is 63.6 Å². The number of carbonyl (C=O) groups is 2. The van der Waals surface area contributed by atoms with E-state index in [1.165, 1.54) is 6.08 Å². The molecule has 0 heterocycles. The standard InChI is InChI=1S/C11H16O4/c1-4-15-8(12)6-5-7-9(10(13)14)11(7,2)3/h5-7,9H,4H2,1-3H3,(H,13,14)/t7-,9-/m0/s1. The van der Waals surface area contributed by atoms with E-state index in [0.29, 0.717) is 6.61 Å². The Hall–Kier alpha value is -1.32. The molecule has 4 nitrogen and oxygen atoms in total. The number of carboxylic acids is 1. The van der Waals surface area contributed by atoms with Crippen LogP contribution in [-0.4, -0.2) is 23.7 Å². The zero-order valence-electron chi connectivity index (χ0n) is 9.19. The molecule has 0 aromatic carbocycles. The van der Waals surface area contributed by atoms with E-state index < -0.39 is 11.9 Å². The molecule has 0 bridgehead atoms. The van der Waals surface area contributed by atoms with Gasteiger partial charge in [-0.05, 0) is 18.3 Å². The Morgan fingerprint density at radius 3 is 2.47 bits per heavy atom. The average Bonchev–Trinajstić information content (AvgIpc) is 2.65. The summed E-state index contributed by atoms with van der Waals surface area (Å²) in [4.78, 5) is 21.8. The van der Waals surface area contributed by atoms with Crippen molar-refractivity contribution in [3.05, 3.63) is 12.2 Å². The van der Waals surface area contributed by atoms with Crippen molar-refractivity contribution in [2.45, 2.75) is 20.8 Å². The van der Waals surface area contributed by atoms with E-state index in [2.05, 4.69) is 0 Å². The summed E-state index contributed by atoms with van der Waals surface area (Å²) in [6, 6.07) is 0. The van der Waals surface area contributed by atoms with Gasteiger partial charge in [0.25, 0.3) is 0 Å². The molecule has 1 N–H and O–H groups in total. The maximum atomic E-state index is 11.0. The maximum Gasteiger partial charge on any atom is 0.330 e. The van der Waals surface area contributed by atoms with Crippen LogP contribution in [0.4, 0.5) is 0 Å². The molecule has 1 rings (SSSR count). The lowest BCUT2D eigenvalue weighted by molar-refractivity contribution is -0.140. The molecule has 0 radical (unpaired) electrons. The first-order chi connectivity index (χ1) is 6.91. The molecule has 15 heavy (non-hydrogen) atoms. The minimum atomic E-state index is -0.807. The molecule has 1 aliphatic rings. The number of rotatable bonds is 4. The molecule has 84 valence electrons. The van der Waals surface area contributed by atoms with Crippen molar-refractivity contribution >= 4 is 11.9 Å². The predicted molar refractivity (Wildman–Crippen MR) is 54.2 cm³/mol. The van der Waals surface area contributed by atoms with E-state index in [-0.39, 0.29) is 17.3 Å². The lowest BCUT2D eigenvalue weighted by Crippen LogP contribution is -2.03. The van der Waals surface area contributed by atoms with Crippen LogP contribution < -0.4 is 0 Å². The van der Waals surface area contributed by atoms with Gasteiger partial charge in [-0.3, -0.25) is 4.79 Å². The van der Waals surface area contributed by atoms with Gasteiger partial charge in [0, 0.05) is 6.08 Å². The fourth-order valence-corrected chi connectivity index (χ4v) is 1.88. The quantitative estimate of drug-likeness (QED) is 0.566. The molecule has 4 heteroatoms. The highest BCUT2D eigenvalue weighted by Crippen LogP contribution is 2.58. The number of allylic oxidation sites excluding steroid dienone is 1. The third-order valence-corrected chi connectivity index (χ3v) is 2.90. The van der Waals surface area contributed by atoms with Crippen LogP contribution in [0.25, 0.3) is 0 Å². The summed E-state index contributed by atoms with van der Waals surface area (Å²) in [7, 11) is 0. The monoisotopic (exact) mass is 212 g/mol. The molecule has 1 saturated carbocycles. The second-order valence-corrected chi connectivity index (χ2v) is 4.27. The van der Waals surface area contributed by atoms with E-state index in [9.17, 15) is 9.59 Å². The molecule has 0 aliphatic heterocycles. The van der Waals surface area contributed by atoms with Crippen LogP contribution in [0.3, 0.4) is 0 Å². The number of ether oxygens (including phenoxy) is 1. The van der Waals surface area contributed by atoms with Crippen LogP contribution in [0.2, 0.25) is 0 Å². The fraction of sp³-hybridized carbons (Fsp3) is 0.636. The van der Waals surface area contributed by atoms with Crippen molar-refractivity contribution < 1.29 is 19.4 Å². The fourth-order valence-electron chi connectivity index (χ4n) is 1.88. The van der Waals surface area contributed by atoms with Crippen LogP contribution in [-0.2, 0) is 14.3 Å². The molecule has 0 aromatic rings. The van der Waals surface area contributed by atoms with Crippen LogP contribution in [0.15, 0.2) is 12.2 Å². The van der Waals surface area contributed by atoms with Crippen LogP contribution in [0, 0.1) is 17.3 Å². The van der Waals surface area contributed by atoms with E-state index in [4.69, 9.17) is 9.84 Å². The molecular formula is C11H16O4. The van der Waals surface area contributed by atoms with Crippen molar-refractivity contribution in [1.29, 1.82) is 0 Å². The molecule has 0 saturated heterocycles. The molecule has 1 aliphatic carbocycles. The lowest BCUT2D eigenvalue weighted by Gasteiger charge is -1.97. The Balaban J connectivity index is 2.55. The minimum absolute atomic E-state index is 0.0700. The molecule has 0 unspecified atom stereocenters. The van der Waals surface area contributed by atoms with Gasteiger partial charge in [0.1, 0.15) is 0 Å². The second-order valence-electron chi connectivity index (χ2n) is 4.27. The number of carboxylic acid groups (broad SMARTS) is 1. The van der Waals surface area contributed by atoms with Gasteiger partial charge >= 0.3 is 11.9 Å². The normalized spacial score (nSPS) is 27.7. The van der Waals surface area contributed by atoms with E-state index >= 15 is 0 Å². The highest BCUT2D eigenvalue weighted by Gasteiger charge is 2.60. The molecule has 0 spiro atoms. The molecular weight excluding hydrogens is 196 g/mol. The Morgan fingerprint density at radius 2 is 2.07 bits per heavy atom. The number of hydrogen-bond acceptors (Lipinski definition) is 3. The summed E-state index contributed by atoms with van der Waals surface area (Å²) in [6.07, 6.45) is 2.95. The first-order valence-corrected chi connectivity index (χ1v) is 4.99. The molecule has 0 aromatic heterocycles. The van der Waals surface area contributed by atoms with Crippen molar-refractivity contribution in [3.8, 4) is 0 Å². The summed E-state index contributed by atoms with van der Waals surface area (Å²) in [5.74, 6) is -1.68. The van der Waals surface area contributed by atoms with Gasteiger partial charge in [0.2, 0.25) is 0 Å². The minimum Gasteiger partial charge on any atom is -0.481 e. The van der Waals surface area contributed by atoms with Gasteiger partial charge < -0.3 is 9.84 Å². The first-order valence-electron chi connectivity index (χ1n) is 4.99.